The van der Waals surface area contributed by atoms with Crippen molar-refractivity contribution in [3.8, 4) is 11.1 Å². The Kier molecular flexibility index (Phi) is 6.68. The smallest absolute Gasteiger partial charge is 0.128 e. The number of fused-ring (bicyclic) bond motifs is 1. The second-order valence-electron chi connectivity index (χ2n) is 6.33. The standard InChI is InChI=1S/C21H27N3S2/c1-5-16-8-10-17(11-9-16)18-14-26-21-19(18)20(22-15(4)23-21)25-13-12-24(6-2)7-3/h8-11,14H,5-7,12-13H2,1-4H3. The molecular weight excluding hydrogens is 358 g/mol. The van der Waals surface area contributed by atoms with Crippen LogP contribution in [0.3, 0.4) is 0 Å². The van der Waals surface area contributed by atoms with Gasteiger partial charge in [0.15, 0.2) is 0 Å². The molecule has 0 saturated carbocycles. The van der Waals surface area contributed by atoms with Crippen molar-refractivity contribution in [1.29, 1.82) is 0 Å². The highest BCUT2D eigenvalue weighted by Crippen LogP contribution is 2.38. The van der Waals surface area contributed by atoms with Gasteiger partial charge in [0.05, 0.1) is 5.39 Å². The Hall–Kier alpha value is -1.43. The maximum absolute atomic E-state index is 4.78. The Labute approximate surface area is 164 Å². The third-order valence-corrected chi connectivity index (χ3v) is 6.55. The van der Waals surface area contributed by atoms with Gasteiger partial charge in [-0.2, -0.15) is 0 Å². The molecule has 26 heavy (non-hydrogen) atoms. The number of thioether (sulfide) groups is 1. The second kappa shape index (κ2) is 8.98. The summed E-state index contributed by atoms with van der Waals surface area (Å²) in [6.45, 7) is 11.9. The number of benzene rings is 1. The van der Waals surface area contributed by atoms with E-state index in [1.54, 1.807) is 11.3 Å². The van der Waals surface area contributed by atoms with Crippen LogP contribution >= 0.6 is 23.1 Å². The van der Waals surface area contributed by atoms with Gasteiger partial charge >= 0.3 is 0 Å². The lowest BCUT2D eigenvalue weighted by atomic mass is 10.0. The Morgan fingerprint density at radius 2 is 1.77 bits per heavy atom. The van der Waals surface area contributed by atoms with Crippen LogP contribution in [0.5, 0.6) is 0 Å². The lowest BCUT2D eigenvalue weighted by molar-refractivity contribution is 0.324. The van der Waals surface area contributed by atoms with Crippen molar-refractivity contribution in [3.05, 3.63) is 41.0 Å². The summed E-state index contributed by atoms with van der Waals surface area (Å²) in [5.41, 5.74) is 3.89. The predicted octanol–water partition coefficient (Wildman–Crippen LogP) is 5.66. The fourth-order valence-corrected chi connectivity index (χ4v) is 5.21. The van der Waals surface area contributed by atoms with Crippen LogP contribution in [0.2, 0.25) is 0 Å². The van der Waals surface area contributed by atoms with Crippen LogP contribution in [-0.4, -0.2) is 40.3 Å². The highest BCUT2D eigenvalue weighted by molar-refractivity contribution is 7.99. The quantitative estimate of drug-likeness (QED) is 0.369. The summed E-state index contributed by atoms with van der Waals surface area (Å²) in [5.74, 6) is 1.91. The van der Waals surface area contributed by atoms with Crippen LogP contribution in [0.4, 0.5) is 0 Å². The molecule has 0 radical (unpaired) electrons. The third kappa shape index (κ3) is 4.27. The molecule has 0 unspecified atom stereocenters. The monoisotopic (exact) mass is 385 g/mol. The SMILES string of the molecule is CCc1ccc(-c2csc3nc(C)nc(SCCN(CC)CC)c23)cc1. The summed E-state index contributed by atoms with van der Waals surface area (Å²) in [6.07, 6.45) is 1.07. The van der Waals surface area contributed by atoms with Crippen LogP contribution in [0.1, 0.15) is 32.2 Å². The molecule has 138 valence electrons. The molecule has 0 aliphatic heterocycles. The van der Waals surface area contributed by atoms with Gasteiger partial charge in [0, 0.05) is 23.2 Å². The summed E-state index contributed by atoms with van der Waals surface area (Å²) in [4.78, 5) is 13.0. The molecule has 5 heteroatoms. The molecule has 0 amide bonds. The molecule has 0 bridgehead atoms. The molecule has 0 spiro atoms. The Balaban J connectivity index is 1.93. The minimum absolute atomic E-state index is 0.859. The number of rotatable bonds is 8. The number of hydrogen-bond acceptors (Lipinski definition) is 5. The van der Waals surface area contributed by atoms with Crippen molar-refractivity contribution in [2.45, 2.75) is 39.1 Å². The predicted molar refractivity (Wildman–Crippen MR) is 115 cm³/mol. The Bertz CT molecular complexity index is 852. The van der Waals surface area contributed by atoms with E-state index >= 15 is 0 Å². The number of aromatic nitrogens is 2. The van der Waals surface area contributed by atoms with Crippen molar-refractivity contribution in [3.63, 3.8) is 0 Å². The van der Waals surface area contributed by atoms with Gasteiger partial charge in [-0.25, -0.2) is 9.97 Å². The molecule has 0 aliphatic rings. The van der Waals surface area contributed by atoms with E-state index in [0.29, 0.717) is 0 Å². The average Bonchev–Trinajstić information content (AvgIpc) is 3.09. The Morgan fingerprint density at radius 3 is 2.42 bits per heavy atom. The zero-order chi connectivity index (χ0) is 18.5. The molecule has 0 aliphatic carbocycles. The first kappa shape index (κ1) is 19.3. The van der Waals surface area contributed by atoms with Crippen molar-refractivity contribution in [2.75, 3.05) is 25.4 Å². The van der Waals surface area contributed by atoms with Gasteiger partial charge in [0.25, 0.3) is 0 Å². The van der Waals surface area contributed by atoms with Gasteiger partial charge in [0.2, 0.25) is 0 Å². The van der Waals surface area contributed by atoms with Crippen LogP contribution < -0.4 is 0 Å². The fourth-order valence-electron chi connectivity index (χ4n) is 3.06. The Morgan fingerprint density at radius 1 is 1.04 bits per heavy atom. The first-order chi connectivity index (χ1) is 12.7. The summed E-state index contributed by atoms with van der Waals surface area (Å²) in [7, 11) is 0. The molecule has 0 saturated heterocycles. The van der Waals surface area contributed by atoms with Crippen molar-refractivity contribution in [2.24, 2.45) is 0 Å². The highest BCUT2D eigenvalue weighted by Gasteiger charge is 2.15. The van der Waals surface area contributed by atoms with E-state index in [1.807, 2.05) is 18.7 Å². The average molecular weight is 386 g/mol. The minimum atomic E-state index is 0.859. The van der Waals surface area contributed by atoms with Crippen molar-refractivity contribution >= 4 is 33.3 Å². The molecular formula is C21H27N3S2. The van der Waals surface area contributed by atoms with E-state index < -0.39 is 0 Å². The van der Waals surface area contributed by atoms with Crippen molar-refractivity contribution in [1.82, 2.24) is 14.9 Å². The molecule has 3 nitrogen and oxygen atoms in total. The van der Waals surface area contributed by atoms with Gasteiger partial charge < -0.3 is 4.90 Å². The lowest BCUT2D eigenvalue weighted by Gasteiger charge is -2.17. The van der Waals surface area contributed by atoms with Gasteiger partial charge in [-0.05, 0) is 37.6 Å². The molecule has 2 aromatic heterocycles. The van der Waals surface area contributed by atoms with E-state index in [0.717, 1.165) is 47.5 Å². The molecule has 0 atom stereocenters. The van der Waals surface area contributed by atoms with Gasteiger partial charge in [-0.1, -0.05) is 45.0 Å². The maximum atomic E-state index is 4.78. The van der Waals surface area contributed by atoms with Gasteiger partial charge in [0.1, 0.15) is 15.7 Å². The molecule has 2 heterocycles. The second-order valence-corrected chi connectivity index (χ2v) is 8.27. The van der Waals surface area contributed by atoms with Crippen LogP contribution in [-0.2, 0) is 6.42 Å². The van der Waals surface area contributed by atoms with Crippen molar-refractivity contribution < 1.29 is 0 Å². The molecule has 1 aromatic carbocycles. The largest absolute Gasteiger partial charge is 0.303 e. The number of nitrogens with zero attached hydrogens (tertiary/aromatic N) is 3. The minimum Gasteiger partial charge on any atom is -0.303 e. The maximum Gasteiger partial charge on any atom is 0.128 e. The van der Waals surface area contributed by atoms with E-state index in [2.05, 4.69) is 60.3 Å². The normalized spacial score (nSPS) is 11.6. The van der Waals surface area contributed by atoms with E-state index in [1.165, 1.54) is 22.1 Å². The summed E-state index contributed by atoms with van der Waals surface area (Å²) in [5, 5.41) is 4.57. The van der Waals surface area contributed by atoms with Crippen LogP contribution in [0.25, 0.3) is 21.3 Å². The van der Waals surface area contributed by atoms with Gasteiger partial charge in [-0.15, -0.1) is 23.1 Å². The number of thiophene rings is 1. The summed E-state index contributed by atoms with van der Waals surface area (Å²) < 4.78 is 0. The summed E-state index contributed by atoms with van der Waals surface area (Å²) in [6, 6.07) is 8.90. The lowest BCUT2D eigenvalue weighted by Crippen LogP contribution is -2.25. The zero-order valence-electron chi connectivity index (χ0n) is 16.1. The third-order valence-electron chi connectivity index (χ3n) is 4.73. The zero-order valence-corrected chi connectivity index (χ0v) is 17.7. The van der Waals surface area contributed by atoms with Crippen LogP contribution in [0.15, 0.2) is 34.7 Å². The van der Waals surface area contributed by atoms with E-state index in [-0.39, 0.29) is 0 Å². The van der Waals surface area contributed by atoms with Gasteiger partial charge in [-0.3, -0.25) is 0 Å². The summed E-state index contributed by atoms with van der Waals surface area (Å²) >= 11 is 3.58. The fraction of sp³-hybridized carbons (Fsp3) is 0.429. The molecule has 3 aromatic rings. The van der Waals surface area contributed by atoms with E-state index in [4.69, 9.17) is 4.98 Å². The molecule has 0 fully saturated rings. The molecule has 3 rings (SSSR count). The first-order valence-electron chi connectivity index (χ1n) is 9.36. The number of aryl methyl sites for hydroxylation is 2. The number of hydrogen-bond donors (Lipinski definition) is 0. The highest BCUT2D eigenvalue weighted by atomic mass is 32.2. The first-order valence-corrected chi connectivity index (χ1v) is 11.2. The molecule has 0 N–H and O–H groups in total. The van der Waals surface area contributed by atoms with E-state index in [9.17, 15) is 0 Å². The van der Waals surface area contributed by atoms with Crippen LogP contribution in [0, 0.1) is 6.92 Å². The topological polar surface area (TPSA) is 29.0 Å².